The zero-order valence-electron chi connectivity index (χ0n) is 17.2. The number of ether oxygens (including phenoxy) is 1. The number of benzene rings is 3. The lowest BCUT2D eigenvalue weighted by Gasteiger charge is -2.13. The molecule has 1 N–H and O–H groups in total. The second-order valence-electron chi connectivity index (χ2n) is 7.23. The van der Waals surface area contributed by atoms with E-state index < -0.39 is 0 Å². The van der Waals surface area contributed by atoms with Crippen LogP contribution in [-0.4, -0.2) is 18.0 Å². The maximum Gasteiger partial charge on any atom is 0.259 e. The van der Waals surface area contributed by atoms with Gasteiger partial charge in [0.1, 0.15) is 11.3 Å². The van der Waals surface area contributed by atoms with E-state index in [1.165, 1.54) is 0 Å². The molecule has 0 aliphatic heterocycles. The number of fused-ring (bicyclic) bond motifs is 1. The number of aryl methyl sites for hydroxylation is 2. The molecule has 0 saturated heterocycles. The highest BCUT2D eigenvalue weighted by molar-refractivity contribution is 9.10. The Balaban J connectivity index is 1.71. The summed E-state index contributed by atoms with van der Waals surface area (Å²) in [6, 6.07) is 15.1. The number of hydrogen-bond acceptors (Lipinski definition) is 4. The second-order valence-corrected chi connectivity index (χ2v) is 8.14. The van der Waals surface area contributed by atoms with Crippen molar-refractivity contribution in [3.8, 4) is 17.2 Å². The Morgan fingerprint density at radius 1 is 1.10 bits per heavy atom. The summed E-state index contributed by atoms with van der Waals surface area (Å²) in [6.45, 7) is 5.99. The molecule has 0 bridgehead atoms. The molecule has 0 aliphatic rings. The Hall–Kier alpha value is -3.12. The van der Waals surface area contributed by atoms with Gasteiger partial charge in [0.05, 0.1) is 12.7 Å². The molecular formula is C24H21BrN2O3. The lowest BCUT2D eigenvalue weighted by Crippen LogP contribution is -2.14. The number of carbonyl (C=O) groups is 1. The van der Waals surface area contributed by atoms with Crippen molar-refractivity contribution in [1.29, 1.82) is 0 Å². The first kappa shape index (κ1) is 20.2. The first-order chi connectivity index (χ1) is 14.4. The zero-order valence-corrected chi connectivity index (χ0v) is 18.8. The van der Waals surface area contributed by atoms with Gasteiger partial charge in [0.2, 0.25) is 5.89 Å². The average molecular weight is 465 g/mol. The van der Waals surface area contributed by atoms with Crippen molar-refractivity contribution < 1.29 is 13.9 Å². The van der Waals surface area contributed by atoms with Gasteiger partial charge in [-0.3, -0.25) is 4.79 Å². The van der Waals surface area contributed by atoms with Gasteiger partial charge < -0.3 is 14.5 Å². The van der Waals surface area contributed by atoms with Crippen molar-refractivity contribution in [3.05, 3.63) is 75.3 Å². The van der Waals surface area contributed by atoms with Crippen LogP contribution in [0, 0.1) is 20.8 Å². The third kappa shape index (κ3) is 3.71. The summed E-state index contributed by atoms with van der Waals surface area (Å²) in [5.41, 5.74) is 6.65. The van der Waals surface area contributed by atoms with Crippen LogP contribution in [0.1, 0.15) is 27.0 Å². The molecule has 0 unspecified atom stereocenters. The van der Waals surface area contributed by atoms with E-state index in [4.69, 9.17) is 9.15 Å². The van der Waals surface area contributed by atoms with Crippen molar-refractivity contribution >= 4 is 38.6 Å². The molecule has 0 aliphatic carbocycles. The number of nitrogens with zero attached hydrogens (tertiary/aromatic N) is 1. The summed E-state index contributed by atoms with van der Waals surface area (Å²) in [5, 5.41) is 2.98. The second kappa shape index (κ2) is 7.95. The fraction of sp³-hybridized carbons (Fsp3) is 0.167. The SMILES string of the molecule is COc1ccc(Br)cc1C(=O)Nc1cccc(-c2nc3cc(C)cc(C)c3o2)c1C. The van der Waals surface area contributed by atoms with Crippen LogP contribution in [0.2, 0.25) is 0 Å². The van der Waals surface area contributed by atoms with Crippen LogP contribution in [0.15, 0.2) is 57.4 Å². The molecule has 5 nitrogen and oxygen atoms in total. The normalized spacial score (nSPS) is 11.0. The Morgan fingerprint density at radius 3 is 2.67 bits per heavy atom. The van der Waals surface area contributed by atoms with Gasteiger partial charge in [0.25, 0.3) is 5.91 Å². The predicted octanol–water partition coefficient (Wildman–Crippen LogP) is 6.44. The molecule has 4 rings (SSSR count). The highest BCUT2D eigenvalue weighted by Crippen LogP contribution is 2.32. The monoisotopic (exact) mass is 464 g/mol. The summed E-state index contributed by atoms with van der Waals surface area (Å²) in [7, 11) is 1.54. The van der Waals surface area contributed by atoms with Gasteiger partial charge in [0, 0.05) is 15.7 Å². The fourth-order valence-electron chi connectivity index (χ4n) is 3.54. The van der Waals surface area contributed by atoms with E-state index in [1.807, 2.05) is 51.1 Å². The Kier molecular flexibility index (Phi) is 5.35. The Bertz CT molecular complexity index is 1280. The van der Waals surface area contributed by atoms with Gasteiger partial charge in [0.15, 0.2) is 5.58 Å². The average Bonchev–Trinajstić information content (AvgIpc) is 3.13. The molecule has 1 heterocycles. The third-order valence-corrected chi connectivity index (χ3v) is 5.53. The van der Waals surface area contributed by atoms with Crippen molar-refractivity contribution in [3.63, 3.8) is 0 Å². The summed E-state index contributed by atoms with van der Waals surface area (Å²) >= 11 is 3.41. The number of oxazole rings is 1. The minimum atomic E-state index is -0.252. The highest BCUT2D eigenvalue weighted by atomic mass is 79.9. The van der Waals surface area contributed by atoms with E-state index in [0.29, 0.717) is 22.9 Å². The molecule has 30 heavy (non-hydrogen) atoms. The number of amides is 1. The van der Waals surface area contributed by atoms with Gasteiger partial charge in [-0.1, -0.05) is 28.1 Å². The number of aromatic nitrogens is 1. The molecule has 3 aromatic carbocycles. The van der Waals surface area contributed by atoms with E-state index in [-0.39, 0.29) is 5.91 Å². The quantitative estimate of drug-likeness (QED) is 0.377. The van der Waals surface area contributed by atoms with Crippen LogP contribution < -0.4 is 10.1 Å². The van der Waals surface area contributed by atoms with Crippen molar-refractivity contribution in [2.75, 3.05) is 12.4 Å². The number of carbonyl (C=O) groups excluding carboxylic acids is 1. The standard InChI is InChI=1S/C24H21BrN2O3/c1-13-10-14(2)22-20(11-13)27-24(30-22)17-6-5-7-19(15(17)3)26-23(28)18-12-16(25)8-9-21(18)29-4/h5-12H,1-4H3,(H,26,28). The zero-order chi connectivity index (χ0) is 21.4. The molecule has 1 amide bonds. The molecule has 0 saturated carbocycles. The third-order valence-electron chi connectivity index (χ3n) is 5.04. The topological polar surface area (TPSA) is 64.4 Å². The van der Waals surface area contributed by atoms with E-state index in [1.54, 1.807) is 19.2 Å². The van der Waals surface area contributed by atoms with Crippen molar-refractivity contribution in [2.24, 2.45) is 0 Å². The van der Waals surface area contributed by atoms with E-state index in [9.17, 15) is 4.79 Å². The molecule has 0 fully saturated rings. The molecule has 152 valence electrons. The molecule has 0 atom stereocenters. The fourth-order valence-corrected chi connectivity index (χ4v) is 3.90. The molecule has 0 radical (unpaired) electrons. The largest absolute Gasteiger partial charge is 0.496 e. The maximum atomic E-state index is 12.9. The number of halogens is 1. The predicted molar refractivity (Wildman–Crippen MR) is 122 cm³/mol. The summed E-state index contributed by atoms with van der Waals surface area (Å²) in [6.07, 6.45) is 0. The summed E-state index contributed by atoms with van der Waals surface area (Å²) < 4.78 is 12.2. The maximum absolute atomic E-state index is 12.9. The van der Waals surface area contributed by atoms with Gasteiger partial charge in [-0.2, -0.15) is 0 Å². The first-order valence-corrected chi connectivity index (χ1v) is 10.3. The minimum absolute atomic E-state index is 0.252. The first-order valence-electron chi connectivity index (χ1n) is 9.50. The number of rotatable bonds is 4. The Labute approximate surface area is 183 Å². The van der Waals surface area contributed by atoms with Crippen LogP contribution in [0.4, 0.5) is 5.69 Å². The van der Waals surface area contributed by atoms with Gasteiger partial charge >= 0.3 is 0 Å². The molecule has 4 aromatic rings. The van der Waals surface area contributed by atoms with Crippen LogP contribution in [0.5, 0.6) is 5.75 Å². The van der Waals surface area contributed by atoms with Gasteiger partial charge in [-0.05, 0) is 73.9 Å². The van der Waals surface area contributed by atoms with E-state index in [2.05, 4.69) is 32.3 Å². The minimum Gasteiger partial charge on any atom is -0.496 e. The lowest BCUT2D eigenvalue weighted by molar-refractivity contribution is 0.102. The Morgan fingerprint density at radius 2 is 1.90 bits per heavy atom. The van der Waals surface area contributed by atoms with Crippen LogP contribution in [-0.2, 0) is 0 Å². The van der Waals surface area contributed by atoms with Crippen molar-refractivity contribution in [2.45, 2.75) is 20.8 Å². The van der Waals surface area contributed by atoms with Crippen LogP contribution >= 0.6 is 15.9 Å². The summed E-state index contributed by atoms with van der Waals surface area (Å²) in [5.74, 6) is 0.791. The van der Waals surface area contributed by atoms with Gasteiger partial charge in [-0.15, -0.1) is 0 Å². The highest BCUT2D eigenvalue weighted by Gasteiger charge is 2.17. The number of nitrogens with one attached hydrogen (secondary N) is 1. The van der Waals surface area contributed by atoms with Gasteiger partial charge in [-0.25, -0.2) is 4.98 Å². The van der Waals surface area contributed by atoms with Crippen LogP contribution in [0.3, 0.4) is 0 Å². The smallest absolute Gasteiger partial charge is 0.259 e. The molecule has 0 spiro atoms. The number of anilines is 1. The van der Waals surface area contributed by atoms with Crippen molar-refractivity contribution in [1.82, 2.24) is 4.98 Å². The number of hydrogen-bond donors (Lipinski definition) is 1. The molecule has 1 aromatic heterocycles. The number of methoxy groups -OCH3 is 1. The lowest BCUT2D eigenvalue weighted by atomic mass is 10.1. The van der Waals surface area contributed by atoms with E-state index >= 15 is 0 Å². The van der Waals surface area contributed by atoms with E-state index in [0.717, 1.165) is 37.8 Å². The molecular weight excluding hydrogens is 444 g/mol. The summed E-state index contributed by atoms with van der Waals surface area (Å²) in [4.78, 5) is 17.6. The molecule has 6 heteroatoms. The van der Waals surface area contributed by atoms with Crippen LogP contribution in [0.25, 0.3) is 22.6 Å².